The van der Waals surface area contributed by atoms with Gasteiger partial charge in [0.05, 0.1) is 27.5 Å². The molecule has 156 valence electrons. The van der Waals surface area contributed by atoms with Crippen LogP contribution in [-0.4, -0.2) is 17.9 Å². The van der Waals surface area contributed by atoms with E-state index in [4.69, 9.17) is 28.0 Å². The molecule has 7 heteroatoms. The Morgan fingerprint density at radius 3 is 2.10 bits per heavy atom. The van der Waals surface area contributed by atoms with E-state index in [0.717, 1.165) is 21.7 Å². The highest BCUT2D eigenvalue weighted by molar-refractivity contribution is 6.42. The van der Waals surface area contributed by atoms with Crippen molar-refractivity contribution in [2.24, 2.45) is 5.92 Å². The molecular weight excluding hydrogens is 435 g/mol. The second kappa shape index (κ2) is 7.68. The van der Waals surface area contributed by atoms with Gasteiger partial charge in [-0.1, -0.05) is 77.3 Å². The van der Waals surface area contributed by atoms with Gasteiger partial charge >= 0.3 is 0 Å². The number of para-hydroxylation sites is 2. The molecule has 0 N–H and O–H groups in total. The summed E-state index contributed by atoms with van der Waals surface area (Å²) in [5.41, 5.74) is 2.96. The van der Waals surface area contributed by atoms with Crippen molar-refractivity contribution >= 4 is 46.4 Å². The fourth-order valence-corrected chi connectivity index (χ4v) is 4.81. The van der Waals surface area contributed by atoms with Gasteiger partial charge in [0.15, 0.2) is 6.10 Å². The summed E-state index contributed by atoms with van der Waals surface area (Å²) in [5.74, 6) is -1.59. The molecule has 3 atom stereocenters. The summed E-state index contributed by atoms with van der Waals surface area (Å²) in [5, 5.41) is 2.14. The molecule has 2 saturated heterocycles. The minimum Gasteiger partial charge on any atom is -0.273 e. The van der Waals surface area contributed by atoms with Crippen LogP contribution >= 0.6 is 23.2 Å². The van der Waals surface area contributed by atoms with Gasteiger partial charge in [-0.3, -0.25) is 14.4 Å². The molecule has 0 bridgehead atoms. The molecule has 3 aromatic rings. The molecule has 0 spiro atoms. The first-order valence-electron chi connectivity index (χ1n) is 9.87. The molecule has 0 aromatic heterocycles. The quantitative estimate of drug-likeness (QED) is 0.502. The lowest BCUT2D eigenvalue weighted by Crippen LogP contribution is -2.37. The molecule has 0 aliphatic carbocycles. The molecule has 2 aliphatic rings. The predicted octanol–water partition coefficient (Wildman–Crippen LogP) is 5.35. The molecule has 5 rings (SSSR count). The number of carbonyl (C=O) groups excluding carboxylic acids is 2. The van der Waals surface area contributed by atoms with Gasteiger partial charge in [-0.25, -0.2) is 9.96 Å². The van der Waals surface area contributed by atoms with Gasteiger partial charge in [0.1, 0.15) is 5.92 Å². The molecule has 2 fully saturated rings. The summed E-state index contributed by atoms with van der Waals surface area (Å²) in [6, 6.07) is 21.7. The van der Waals surface area contributed by atoms with E-state index in [-0.39, 0.29) is 21.6 Å². The monoisotopic (exact) mass is 452 g/mol. The number of benzene rings is 3. The van der Waals surface area contributed by atoms with Crippen molar-refractivity contribution in [2.75, 3.05) is 9.96 Å². The van der Waals surface area contributed by atoms with Gasteiger partial charge in [0.2, 0.25) is 5.91 Å². The largest absolute Gasteiger partial charge is 0.273 e. The predicted molar refractivity (Wildman–Crippen MR) is 120 cm³/mol. The van der Waals surface area contributed by atoms with E-state index >= 15 is 0 Å². The van der Waals surface area contributed by atoms with Crippen LogP contribution in [0, 0.1) is 12.8 Å². The molecule has 2 amide bonds. The molecule has 31 heavy (non-hydrogen) atoms. The van der Waals surface area contributed by atoms with Crippen molar-refractivity contribution < 1.29 is 14.4 Å². The summed E-state index contributed by atoms with van der Waals surface area (Å²) >= 11 is 12.6. The Labute approximate surface area is 189 Å². The number of aryl methyl sites for hydroxylation is 1. The summed E-state index contributed by atoms with van der Waals surface area (Å²) < 4.78 is 0. The third-order valence-corrected chi connectivity index (χ3v) is 6.32. The van der Waals surface area contributed by atoms with Crippen LogP contribution in [0.1, 0.15) is 17.2 Å². The molecule has 2 aliphatic heterocycles. The molecule has 2 heterocycles. The molecule has 5 nitrogen and oxygen atoms in total. The number of anilines is 2. The number of carbonyl (C=O) groups is 2. The zero-order valence-corrected chi connectivity index (χ0v) is 18.0. The topological polar surface area (TPSA) is 49.9 Å². The van der Waals surface area contributed by atoms with E-state index in [0.29, 0.717) is 0 Å². The van der Waals surface area contributed by atoms with Crippen LogP contribution < -0.4 is 9.96 Å². The van der Waals surface area contributed by atoms with Gasteiger partial charge in [-0.15, -0.1) is 0 Å². The average Bonchev–Trinajstić information content (AvgIpc) is 3.27. The van der Waals surface area contributed by atoms with E-state index in [1.807, 2.05) is 61.5 Å². The molecule has 0 saturated carbocycles. The van der Waals surface area contributed by atoms with Crippen molar-refractivity contribution in [3.63, 3.8) is 0 Å². The van der Waals surface area contributed by atoms with Crippen molar-refractivity contribution in [1.29, 1.82) is 0 Å². The fourth-order valence-electron chi connectivity index (χ4n) is 4.24. The number of hydrogen-bond acceptors (Lipinski definition) is 4. The van der Waals surface area contributed by atoms with Crippen LogP contribution in [0.4, 0.5) is 11.4 Å². The fraction of sp³-hybridized carbons (Fsp3) is 0.167. The summed E-state index contributed by atoms with van der Waals surface area (Å²) in [4.78, 5) is 34.1. The number of rotatable bonds is 3. The number of fused-ring (bicyclic) bond motifs is 1. The second-order valence-corrected chi connectivity index (χ2v) is 8.47. The van der Waals surface area contributed by atoms with Gasteiger partial charge in [0, 0.05) is 0 Å². The maximum absolute atomic E-state index is 13.6. The van der Waals surface area contributed by atoms with Crippen LogP contribution in [-0.2, 0) is 14.4 Å². The summed E-state index contributed by atoms with van der Waals surface area (Å²) in [6.45, 7) is 2.00. The van der Waals surface area contributed by atoms with Gasteiger partial charge in [0.25, 0.3) is 5.91 Å². The SMILES string of the molecule is Cc1ccc([C@@H]2[C@H]3C(=O)N(c4c(Cl)cccc4Cl)C(=O)[C@H]3ON2c2ccccc2)cc1. The van der Waals surface area contributed by atoms with E-state index < -0.39 is 24.0 Å². The zero-order chi connectivity index (χ0) is 21.7. The summed E-state index contributed by atoms with van der Waals surface area (Å²) in [6.07, 6.45) is -0.966. The van der Waals surface area contributed by atoms with Crippen LogP contribution in [0.15, 0.2) is 72.8 Å². The first kappa shape index (κ1) is 20.1. The van der Waals surface area contributed by atoms with Crippen molar-refractivity contribution in [3.8, 4) is 0 Å². The lowest BCUT2D eigenvalue weighted by molar-refractivity contribution is -0.126. The van der Waals surface area contributed by atoms with Crippen LogP contribution in [0.3, 0.4) is 0 Å². The standard InChI is InChI=1S/C24H18Cl2N2O3/c1-14-10-12-15(13-11-14)20-19-22(31-28(20)16-6-3-2-4-7-16)24(30)27(23(19)29)21-17(25)8-5-9-18(21)26/h2-13,19-20,22H,1H3/t19-,20-,22+/m1/s1. The zero-order valence-electron chi connectivity index (χ0n) is 16.5. The average molecular weight is 453 g/mol. The highest BCUT2D eigenvalue weighted by Crippen LogP contribution is 2.49. The van der Waals surface area contributed by atoms with Crippen LogP contribution in [0.5, 0.6) is 0 Å². The highest BCUT2D eigenvalue weighted by atomic mass is 35.5. The Hall–Kier alpha value is -2.86. The van der Waals surface area contributed by atoms with E-state index in [9.17, 15) is 9.59 Å². The third kappa shape index (κ3) is 3.21. The first-order valence-corrected chi connectivity index (χ1v) is 10.6. The van der Waals surface area contributed by atoms with E-state index in [1.165, 1.54) is 0 Å². The minimum absolute atomic E-state index is 0.202. The van der Waals surface area contributed by atoms with Crippen molar-refractivity contribution in [2.45, 2.75) is 19.1 Å². The van der Waals surface area contributed by atoms with Crippen LogP contribution in [0.2, 0.25) is 10.0 Å². The van der Waals surface area contributed by atoms with Crippen molar-refractivity contribution in [3.05, 3.63) is 94.0 Å². The molecule has 3 aromatic carbocycles. The normalized spacial score (nSPS) is 22.9. The number of nitrogens with zero attached hydrogens (tertiary/aromatic N) is 2. The highest BCUT2D eigenvalue weighted by Gasteiger charge is 2.60. The Morgan fingerprint density at radius 2 is 1.45 bits per heavy atom. The summed E-state index contributed by atoms with van der Waals surface area (Å²) in [7, 11) is 0. The Balaban J connectivity index is 1.61. The number of hydroxylamine groups is 1. The molecule has 0 unspecified atom stereocenters. The van der Waals surface area contributed by atoms with Crippen molar-refractivity contribution in [1.82, 2.24) is 0 Å². The van der Waals surface area contributed by atoms with E-state index in [1.54, 1.807) is 23.3 Å². The molecule has 0 radical (unpaired) electrons. The number of imide groups is 1. The van der Waals surface area contributed by atoms with Crippen LogP contribution in [0.25, 0.3) is 0 Å². The number of amides is 2. The van der Waals surface area contributed by atoms with E-state index in [2.05, 4.69) is 0 Å². The molecular formula is C24H18Cl2N2O3. The minimum atomic E-state index is -0.966. The number of hydrogen-bond donors (Lipinski definition) is 0. The maximum atomic E-state index is 13.6. The van der Waals surface area contributed by atoms with Gasteiger partial charge < -0.3 is 0 Å². The van der Waals surface area contributed by atoms with Gasteiger partial charge in [-0.2, -0.15) is 0 Å². The Kier molecular flexibility index (Phi) is 4.97. The Bertz CT molecular complexity index is 1150. The number of halogens is 2. The third-order valence-electron chi connectivity index (χ3n) is 5.71. The lowest BCUT2D eigenvalue weighted by atomic mass is 9.90. The van der Waals surface area contributed by atoms with Gasteiger partial charge in [-0.05, 0) is 36.8 Å². The first-order chi connectivity index (χ1) is 15.0. The smallest absolute Gasteiger partial charge is 0.266 e. The second-order valence-electron chi connectivity index (χ2n) is 7.65. The lowest BCUT2D eigenvalue weighted by Gasteiger charge is -2.29. The maximum Gasteiger partial charge on any atom is 0.266 e. The Morgan fingerprint density at radius 1 is 0.806 bits per heavy atom.